The molecule has 0 aliphatic carbocycles. The molecule has 14 heteroatoms. The fourth-order valence-electron chi connectivity index (χ4n) is 5.03. The Kier molecular flexibility index (Phi) is 7.02. The maximum Gasteiger partial charge on any atom is 0.332 e. The third-order valence-electron chi connectivity index (χ3n) is 6.82. The number of nitrogens with one attached hydrogen (secondary N) is 1. The number of hydrogen-bond donors (Lipinski definition) is 3. The lowest BCUT2D eigenvalue weighted by Gasteiger charge is -2.31. The number of nitrogens with zero attached hydrogens (tertiary/aromatic N) is 4. The molecule has 0 saturated carbocycles. The lowest BCUT2D eigenvalue weighted by molar-refractivity contribution is -0.142. The first kappa shape index (κ1) is 27.6. The van der Waals surface area contributed by atoms with Crippen molar-refractivity contribution in [2.24, 2.45) is 11.7 Å². The Morgan fingerprint density at radius 1 is 1.15 bits per heavy atom. The van der Waals surface area contributed by atoms with Crippen LogP contribution in [0.25, 0.3) is 16.9 Å². The van der Waals surface area contributed by atoms with Gasteiger partial charge in [0.15, 0.2) is 5.65 Å². The minimum atomic E-state index is -4.35. The van der Waals surface area contributed by atoms with Gasteiger partial charge in [-0.1, -0.05) is 12.1 Å². The molecule has 208 valence electrons. The highest BCUT2D eigenvalue weighted by Crippen LogP contribution is 2.50. The first-order chi connectivity index (χ1) is 18.9. The molecule has 1 aliphatic rings. The van der Waals surface area contributed by atoms with E-state index in [1.165, 1.54) is 22.9 Å². The number of hydrogen-bond acceptors (Lipinski definition) is 8. The number of aliphatic carboxylic acids is 1. The number of amides is 1. The molecule has 1 aromatic carbocycles. The normalized spacial score (nSPS) is 19.9. The molecule has 1 fully saturated rings. The van der Waals surface area contributed by atoms with Gasteiger partial charge in [-0.15, -0.1) is 11.8 Å². The molecule has 0 radical (unpaired) electrons. The fourth-order valence-corrected chi connectivity index (χ4v) is 8.90. The number of benzene rings is 1. The second kappa shape index (κ2) is 10.2. The topological polar surface area (TPSA) is 181 Å². The summed E-state index contributed by atoms with van der Waals surface area (Å²) < 4.78 is 28.9. The Morgan fingerprint density at radius 2 is 1.85 bits per heavy atom. The summed E-state index contributed by atoms with van der Waals surface area (Å²) in [5, 5.41) is 9.14. The Bertz CT molecular complexity index is 1750. The first-order valence-corrected chi connectivity index (χ1v) is 14.5. The number of carbonyl (C=O) groups excluding carboxylic acids is 1. The number of pyridine rings is 2. The molecule has 1 unspecified atom stereocenters. The van der Waals surface area contributed by atoms with Crippen molar-refractivity contribution in [2.45, 2.75) is 41.3 Å². The van der Waals surface area contributed by atoms with Crippen molar-refractivity contribution in [3.05, 3.63) is 83.2 Å². The molecule has 1 aliphatic heterocycles. The second-order valence-corrected chi connectivity index (χ2v) is 13.5. The Labute approximate surface area is 233 Å². The second-order valence-electron chi connectivity index (χ2n) is 9.90. The summed E-state index contributed by atoms with van der Waals surface area (Å²) in [7, 11) is -4.35. The van der Waals surface area contributed by atoms with Gasteiger partial charge in [-0.3, -0.25) is 14.6 Å². The van der Waals surface area contributed by atoms with Crippen LogP contribution < -0.4 is 11.4 Å². The van der Waals surface area contributed by atoms with Crippen LogP contribution in [0.3, 0.4) is 0 Å². The molecule has 4 N–H and O–H groups in total. The highest BCUT2D eigenvalue weighted by atomic mass is 32.2. The van der Waals surface area contributed by atoms with Gasteiger partial charge in [0, 0.05) is 23.3 Å². The van der Waals surface area contributed by atoms with Gasteiger partial charge in [0.25, 0.3) is 0 Å². The number of nitrogens with two attached hydrogens (primary N) is 1. The van der Waals surface area contributed by atoms with Crippen LogP contribution in [0.2, 0.25) is 0 Å². The van der Waals surface area contributed by atoms with Gasteiger partial charge in [-0.05, 0) is 62.2 Å². The fraction of sp³-hybridized carbons (Fsp3) is 0.269. The molecule has 40 heavy (non-hydrogen) atoms. The van der Waals surface area contributed by atoms with Gasteiger partial charge >= 0.3 is 11.7 Å². The number of aromatic amines is 1. The van der Waals surface area contributed by atoms with Crippen LogP contribution in [-0.2, 0) is 26.0 Å². The maximum absolute atomic E-state index is 13.8. The zero-order valence-corrected chi connectivity index (χ0v) is 23.1. The van der Waals surface area contributed by atoms with E-state index in [-0.39, 0.29) is 17.0 Å². The van der Waals surface area contributed by atoms with Crippen LogP contribution in [0.5, 0.6) is 0 Å². The number of primary amides is 1. The predicted molar refractivity (Wildman–Crippen MR) is 148 cm³/mol. The summed E-state index contributed by atoms with van der Waals surface area (Å²) in [6.07, 6.45) is 4.09. The number of imidazole rings is 1. The van der Waals surface area contributed by atoms with Crippen LogP contribution in [-0.4, -0.2) is 65.4 Å². The smallest absolute Gasteiger partial charge is 0.332 e. The average molecular weight is 583 g/mol. The van der Waals surface area contributed by atoms with Crippen molar-refractivity contribution in [3.63, 3.8) is 0 Å². The van der Waals surface area contributed by atoms with E-state index in [0.29, 0.717) is 22.4 Å². The lowest BCUT2D eigenvalue weighted by atomic mass is 9.97. The largest absolute Gasteiger partial charge is 0.481 e. The number of carbonyl (C=O) groups is 2. The van der Waals surface area contributed by atoms with Crippen molar-refractivity contribution in [1.82, 2.24) is 23.8 Å². The number of rotatable bonds is 8. The number of carboxylic acid groups (broad SMARTS) is 1. The zero-order chi connectivity index (χ0) is 28.8. The van der Waals surface area contributed by atoms with Crippen molar-refractivity contribution >= 4 is 44.8 Å². The molecular formula is C26H26N6O6S2. The summed E-state index contributed by atoms with van der Waals surface area (Å²) in [5.41, 5.74) is 7.45. The molecule has 1 amide bonds. The lowest BCUT2D eigenvalue weighted by Crippen LogP contribution is -2.54. The van der Waals surface area contributed by atoms with Crippen LogP contribution in [0.15, 0.2) is 76.8 Å². The standard InChI is InChI=1S/C26H26N6O6S2/c1-26(2)20(21(27)33)32(40(37,38)17-5-3-11-28-14-17)23(39-26)18(24(34)35)13-15-7-9-16(10-8-15)31-22-19(30-25(31)36)6-4-12-29-22/h3-12,14,18,20,23H,13H2,1-2H3,(H2,27,33)(H,30,36)(H,34,35)/t18?,20-,23+/m1/s1. The summed E-state index contributed by atoms with van der Waals surface area (Å²) >= 11 is 1.08. The monoisotopic (exact) mass is 582 g/mol. The van der Waals surface area contributed by atoms with Gasteiger partial charge in [-0.2, -0.15) is 4.31 Å². The molecule has 12 nitrogen and oxygen atoms in total. The van der Waals surface area contributed by atoms with E-state index < -0.39 is 44.0 Å². The van der Waals surface area contributed by atoms with E-state index in [1.807, 2.05) is 0 Å². The van der Waals surface area contributed by atoms with Gasteiger partial charge < -0.3 is 15.8 Å². The van der Waals surface area contributed by atoms with Crippen molar-refractivity contribution < 1.29 is 23.1 Å². The quantitative estimate of drug-likeness (QED) is 0.279. The number of fused-ring (bicyclic) bond motifs is 1. The van der Waals surface area contributed by atoms with E-state index in [4.69, 9.17) is 5.73 Å². The minimum absolute atomic E-state index is 0.0467. The molecule has 4 aromatic rings. The summed E-state index contributed by atoms with van der Waals surface area (Å²) in [5.74, 6) is -3.34. The number of carboxylic acids is 1. The minimum Gasteiger partial charge on any atom is -0.481 e. The highest BCUT2D eigenvalue weighted by Gasteiger charge is 2.58. The molecular weight excluding hydrogens is 556 g/mol. The summed E-state index contributed by atoms with van der Waals surface area (Å²) in [4.78, 5) is 48.4. The number of aromatic nitrogens is 4. The zero-order valence-electron chi connectivity index (χ0n) is 21.5. The third-order valence-corrected chi connectivity index (χ3v) is 10.4. The van der Waals surface area contributed by atoms with E-state index in [2.05, 4.69) is 15.0 Å². The van der Waals surface area contributed by atoms with Crippen molar-refractivity contribution in [3.8, 4) is 5.69 Å². The number of thioether (sulfide) groups is 1. The van der Waals surface area contributed by atoms with E-state index >= 15 is 0 Å². The molecule has 0 bridgehead atoms. The number of sulfonamides is 1. The molecule has 3 aromatic heterocycles. The third kappa shape index (κ3) is 4.78. The van der Waals surface area contributed by atoms with Crippen LogP contribution in [0.1, 0.15) is 19.4 Å². The van der Waals surface area contributed by atoms with Gasteiger partial charge in [-0.25, -0.2) is 22.8 Å². The molecule has 4 heterocycles. The summed E-state index contributed by atoms with van der Waals surface area (Å²) in [6, 6.07) is 11.6. The highest BCUT2D eigenvalue weighted by molar-refractivity contribution is 8.02. The predicted octanol–water partition coefficient (Wildman–Crippen LogP) is 1.75. The Balaban J connectivity index is 1.51. The average Bonchev–Trinajstić information content (AvgIpc) is 3.40. The van der Waals surface area contributed by atoms with Crippen LogP contribution in [0, 0.1) is 5.92 Å². The van der Waals surface area contributed by atoms with Crippen molar-refractivity contribution in [2.75, 3.05) is 0 Å². The maximum atomic E-state index is 13.8. The van der Waals surface area contributed by atoms with Gasteiger partial charge in [0.05, 0.1) is 22.5 Å². The molecule has 0 spiro atoms. The molecule has 5 rings (SSSR count). The Morgan fingerprint density at radius 3 is 2.48 bits per heavy atom. The van der Waals surface area contributed by atoms with E-state index in [9.17, 15) is 27.9 Å². The van der Waals surface area contributed by atoms with Crippen LogP contribution >= 0.6 is 11.8 Å². The van der Waals surface area contributed by atoms with Gasteiger partial charge in [0.2, 0.25) is 15.9 Å². The van der Waals surface area contributed by atoms with Crippen LogP contribution in [0.4, 0.5) is 0 Å². The summed E-state index contributed by atoms with van der Waals surface area (Å²) in [6.45, 7) is 3.33. The molecule has 3 atom stereocenters. The number of H-pyrrole nitrogens is 1. The first-order valence-electron chi connectivity index (χ1n) is 12.2. The SMILES string of the molecule is CC1(C)S[C@@H](C(Cc2ccc(-n3c(=O)[nH]c4cccnc43)cc2)C(=O)O)N(S(=O)(=O)c2cccnc2)[C@@H]1C(N)=O. The van der Waals surface area contributed by atoms with E-state index in [1.54, 1.807) is 56.4 Å². The van der Waals surface area contributed by atoms with Gasteiger partial charge in [0.1, 0.15) is 10.9 Å². The Hall–Kier alpha value is -4.01. The molecule has 1 saturated heterocycles. The van der Waals surface area contributed by atoms with E-state index in [0.717, 1.165) is 22.3 Å². The van der Waals surface area contributed by atoms with Crippen molar-refractivity contribution in [1.29, 1.82) is 0 Å².